The average molecular weight is 335 g/mol. The van der Waals surface area contributed by atoms with Crippen molar-refractivity contribution in [2.75, 3.05) is 24.6 Å². The number of rotatable bonds is 5. The molecule has 18 heavy (non-hydrogen) atoms. The minimum Gasteiger partial charge on any atom is -0.481 e. The Bertz CT molecular complexity index is 405. The molecule has 0 bridgehead atoms. The maximum atomic E-state index is 10.4. The maximum Gasteiger partial charge on any atom is 0.305 e. The van der Waals surface area contributed by atoms with Crippen LogP contribution in [0.2, 0.25) is 0 Å². The molecule has 1 aliphatic heterocycles. The van der Waals surface area contributed by atoms with Crippen LogP contribution in [0.4, 0.5) is 5.13 Å². The molecule has 0 aromatic carbocycles. The van der Waals surface area contributed by atoms with E-state index in [1.807, 2.05) is 5.38 Å². The molecular weight excluding hydrogens is 320 g/mol. The number of hydrogen-bond acceptors (Lipinski definition) is 5. The van der Waals surface area contributed by atoms with E-state index < -0.39 is 5.97 Å². The molecule has 1 aromatic rings. The van der Waals surface area contributed by atoms with Crippen molar-refractivity contribution >= 4 is 38.4 Å². The van der Waals surface area contributed by atoms with Gasteiger partial charge in [0.05, 0.1) is 19.1 Å². The van der Waals surface area contributed by atoms with Gasteiger partial charge in [-0.1, -0.05) is 0 Å². The first-order valence-corrected chi connectivity index (χ1v) is 7.52. The molecule has 1 aromatic heterocycles. The zero-order valence-electron chi connectivity index (χ0n) is 9.84. The number of carbonyl (C=O) groups is 1. The van der Waals surface area contributed by atoms with Crippen molar-refractivity contribution in [3.63, 3.8) is 0 Å². The van der Waals surface area contributed by atoms with Gasteiger partial charge in [-0.15, -0.1) is 11.3 Å². The molecule has 0 atom stereocenters. The molecule has 1 aliphatic rings. The second-order valence-corrected chi connectivity index (χ2v) is 5.80. The van der Waals surface area contributed by atoms with E-state index in [2.05, 4.69) is 25.8 Å². The highest BCUT2D eigenvalue weighted by Crippen LogP contribution is 2.26. The van der Waals surface area contributed by atoms with E-state index in [9.17, 15) is 4.79 Å². The van der Waals surface area contributed by atoms with E-state index in [1.54, 1.807) is 11.3 Å². The van der Waals surface area contributed by atoms with Crippen LogP contribution < -0.4 is 4.90 Å². The second kappa shape index (κ2) is 6.49. The minimum absolute atomic E-state index is 0.0830. The van der Waals surface area contributed by atoms with Crippen molar-refractivity contribution in [3.8, 4) is 0 Å². The van der Waals surface area contributed by atoms with Crippen LogP contribution >= 0.6 is 27.3 Å². The molecule has 1 saturated heterocycles. The molecule has 0 spiro atoms. The normalized spacial score (nSPS) is 17.1. The van der Waals surface area contributed by atoms with E-state index >= 15 is 0 Å². The molecule has 0 amide bonds. The number of hydrogen-bond donors (Lipinski definition) is 1. The van der Waals surface area contributed by atoms with Crippen LogP contribution in [-0.2, 0) is 9.53 Å². The molecule has 0 unspecified atom stereocenters. The number of aromatic nitrogens is 1. The number of carboxylic acids is 1. The fourth-order valence-electron chi connectivity index (χ4n) is 1.92. The lowest BCUT2D eigenvalue weighted by Gasteiger charge is -2.31. The molecule has 1 N–H and O–H groups in total. The molecule has 7 heteroatoms. The lowest BCUT2D eigenvalue weighted by molar-refractivity contribution is -0.138. The van der Waals surface area contributed by atoms with Crippen molar-refractivity contribution in [1.82, 2.24) is 4.98 Å². The van der Waals surface area contributed by atoms with Gasteiger partial charge in [-0.25, -0.2) is 4.98 Å². The smallest absolute Gasteiger partial charge is 0.305 e. The first kappa shape index (κ1) is 13.8. The Morgan fingerprint density at radius 2 is 2.33 bits per heavy atom. The molecule has 100 valence electrons. The van der Waals surface area contributed by atoms with E-state index in [1.165, 1.54) is 0 Å². The number of aliphatic carboxylic acids is 1. The minimum atomic E-state index is -0.805. The SMILES string of the molecule is O=C(O)CCOC1CCN(c2nc(Br)cs2)CC1. The van der Waals surface area contributed by atoms with E-state index in [-0.39, 0.29) is 12.5 Å². The molecular formula is C11H15BrN2O3S. The van der Waals surface area contributed by atoms with Crippen LogP contribution in [0.5, 0.6) is 0 Å². The van der Waals surface area contributed by atoms with Gasteiger partial charge in [-0.3, -0.25) is 4.79 Å². The zero-order chi connectivity index (χ0) is 13.0. The predicted molar refractivity (Wildman–Crippen MR) is 73.3 cm³/mol. The Morgan fingerprint density at radius 1 is 1.61 bits per heavy atom. The van der Waals surface area contributed by atoms with Crippen molar-refractivity contribution in [2.24, 2.45) is 0 Å². The standard InChI is InChI=1S/C11H15BrN2O3S/c12-9-7-18-11(13-9)14-4-1-8(2-5-14)17-6-3-10(15)16/h7-8H,1-6H2,(H,15,16). The van der Waals surface area contributed by atoms with Crippen LogP contribution in [-0.4, -0.2) is 41.9 Å². The fraction of sp³-hybridized carbons (Fsp3) is 0.636. The highest BCUT2D eigenvalue weighted by atomic mass is 79.9. The summed E-state index contributed by atoms with van der Waals surface area (Å²) in [4.78, 5) is 17.0. The topological polar surface area (TPSA) is 62.7 Å². The van der Waals surface area contributed by atoms with Gasteiger partial charge in [0.1, 0.15) is 4.60 Å². The van der Waals surface area contributed by atoms with Crippen LogP contribution in [0.25, 0.3) is 0 Å². The second-order valence-electron chi connectivity index (χ2n) is 4.15. The summed E-state index contributed by atoms with van der Waals surface area (Å²) in [6.45, 7) is 2.14. The van der Waals surface area contributed by atoms with E-state index in [4.69, 9.17) is 9.84 Å². The Hall–Kier alpha value is -0.660. The summed E-state index contributed by atoms with van der Waals surface area (Å²) in [6, 6.07) is 0. The third kappa shape index (κ3) is 3.93. The number of ether oxygens (including phenoxy) is 1. The van der Waals surface area contributed by atoms with Gasteiger partial charge < -0.3 is 14.7 Å². The van der Waals surface area contributed by atoms with Crippen LogP contribution in [0.15, 0.2) is 9.98 Å². The largest absolute Gasteiger partial charge is 0.481 e. The van der Waals surface area contributed by atoms with Gasteiger partial charge in [0, 0.05) is 18.5 Å². The van der Waals surface area contributed by atoms with Crippen LogP contribution in [0, 0.1) is 0 Å². The summed E-state index contributed by atoms with van der Waals surface area (Å²) in [5.41, 5.74) is 0. The van der Waals surface area contributed by atoms with Crippen molar-refractivity contribution in [2.45, 2.75) is 25.4 Å². The number of thiazole rings is 1. The summed E-state index contributed by atoms with van der Waals surface area (Å²) in [5, 5.41) is 11.5. The Morgan fingerprint density at radius 3 is 2.89 bits per heavy atom. The monoisotopic (exact) mass is 334 g/mol. The highest BCUT2D eigenvalue weighted by molar-refractivity contribution is 9.10. The van der Waals surface area contributed by atoms with Gasteiger partial charge >= 0.3 is 5.97 Å². The quantitative estimate of drug-likeness (QED) is 0.895. The highest BCUT2D eigenvalue weighted by Gasteiger charge is 2.21. The summed E-state index contributed by atoms with van der Waals surface area (Å²) >= 11 is 4.98. The molecule has 2 rings (SSSR count). The lowest BCUT2D eigenvalue weighted by Crippen LogP contribution is -2.37. The Balaban J connectivity index is 1.73. The van der Waals surface area contributed by atoms with Crippen molar-refractivity contribution in [1.29, 1.82) is 0 Å². The molecule has 5 nitrogen and oxygen atoms in total. The first-order chi connectivity index (χ1) is 8.65. The lowest BCUT2D eigenvalue weighted by atomic mass is 10.1. The van der Waals surface area contributed by atoms with E-state index in [0.29, 0.717) is 6.61 Å². The Kier molecular flexibility index (Phi) is 4.96. The number of halogens is 1. The van der Waals surface area contributed by atoms with Crippen LogP contribution in [0.3, 0.4) is 0 Å². The predicted octanol–water partition coefficient (Wildman–Crippen LogP) is 2.37. The number of piperidine rings is 1. The molecule has 2 heterocycles. The maximum absolute atomic E-state index is 10.4. The third-order valence-corrected chi connectivity index (χ3v) is 4.46. The summed E-state index contributed by atoms with van der Waals surface area (Å²) in [5.74, 6) is -0.805. The number of nitrogens with zero attached hydrogens (tertiary/aromatic N) is 2. The summed E-state index contributed by atoms with van der Waals surface area (Å²) < 4.78 is 6.43. The Labute approximate surface area is 118 Å². The molecule has 0 radical (unpaired) electrons. The summed E-state index contributed by atoms with van der Waals surface area (Å²) in [7, 11) is 0. The molecule has 0 saturated carbocycles. The van der Waals surface area contributed by atoms with Gasteiger partial charge in [0.25, 0.3) is 0 Å². The number of carboxylic acid groups (broad SMARTS) is 1. The van der Waals surface area contributed by atoms with Crippen LogP contribution in [0.1, 0.15) is 19.3 Å². The third-order valence-electron chi connectivity index (χ3n) is 2.85. The summed E-state index contributed by atoms with van der Waals surface area (Å²) in [6.07, 6.45) is 2.12. The zero-order valence-corrected chi connectivity index (χ0v) is 12.2. The molecule has 0 aliphatic carbocycles. The number of anilines is 1. The van der Waals surface area contributed by atoms with Crippen molar-refractivity contribution < 1.29 is 14.6 Å². The van der Waals surface area contributed by atoms with Gasteiger partial charge in [0.2, 0.25) is 0 Å². The first-order valence-electron chi connectivity index (χ1n) is 5.84. The van der Waals surface area contributed by atoms with Gasteiger partial charge in [-0.05, 0) is 28.8 Å². The average Bonchev–Trinajstić information content (AvgIpc) is 2.76. The molecule has 1 fully saturated rings. The van der Waals surface area contributed by atoms with Crippen molar-refractivity contribution in [3.05, 3.63) is 9.98 Å². The van der Waals surface area contributed by atoms with E-state index in [0.717, 1.165) is 35.7 Å². The van der Waals surface area contributed by atoms with Gasteiger partial charge in [0.15, 0.2) is 5.13 Å². The van der Waals surface area contributed by atoms with Gasteiger partial charge in [-0.2, -0.15) is 0 Å². The fourth-order valence-corrected chi connectivity index (χ4v) is 3.22.